The first-order valence-corrected chi connectivity index (χ1v) is 11.5. The van der Waals surface area contributed by atoms with E-state index < -0.39 is 48.9 Å². The van der Waals surface area contributed by atoms with E-state index in [0.29, 0.717) is 10.5 Å². The summed E-state index contributed by atoms with van der Waals surface area (Å²) in [6.45, 7) is 3.26. The standard InChI is InChI=1S/C24H26F3N7O2/c1-14(2)16-8-9-18(28-11-16)21(15-6-4-3-5-7-15)29-24(36)19-10-17(25)12-33(19)20(35)13-34-31-23(22(26)27)30-32-34/h3-9,11,14,17,19,21-22H,10,12-13H2,1-2H3,(H,29,36). The van der Waals surface area contributed by atoms with Crippen molar-refractivity contribution < 1.29 is 22.8 Å². The van der Waals surface area contributed by atoms with E-state index in [9.17, 15) is 22.8 Å². The molecule has 0 saturated carbocycles. The molecule has 3 unspecified atom stereocenters. The molecule has 0 aliphatic carbocycles. The predicted octanol–water partition coefficient (Wildman–Crippen LogP) is 2.97. The van der Waals surface area contributed by atoms with Gasteiger partial charge < -0.3 is 10.2 Å². The second-order valence-electron chi connectivity index (χ2n) is 8.90. The number of halogens is 3. The van der Waals surface area contributed by atoms with Gasteiger partial charge in [-0.15, -0.1) is 10.2 Å². The third-order valence-electron chi connectivity index (χ3n) is 6.00. The number of carbonyl (C=O) groups is 2. The first-order valence-electron chi connectivity index (χ1n) is 11.5. The zero-order valence-corrected chi connectivity index (χ0v) is 19.8. The van der Waals surface area contributed by atoms with Crippen LogP contribution in [0.1, 0.15) is 61.3 Å². The molecule has 12 heteroatoms. The van der Waals surface area contributed by atoms with Crippen LogP contribution >= 0.6 is 0 Å². The maximum absolute atomic E-state index is 14.4. The summed E-state index contributed by atoms with van der Waals surface area (Å²) >= 11 is 0. The number of hydrogen-bond acceptors (Lipinski definition) is 6. The van der Waals surface area contributed by atoms with E-state index in [1.54, 1.807) is 6.20 Å². The molecular weight excluding hydrogens is 475 g/mol. The van der Waals surface area contributed by atoms with E-state index in [2.05, 4.69) is 39.6 Å². The summed E-state index contributed by atoms with van der Waals surface area (Å²) in [6.07, 6.45) is -2.79. The summed E-state index contributed by atoms with van der Waals surface area (Å²) in [4.78, 5) is 32.5. The Morgan fingerprint density at radius 1 is 1.11 bits per heavy atom. The summed E-state index contributed by atoms with van der Waals surface area (Å²) in [7, 11) is 0. The molecule has 4 rings (SSSR count). The number of hydrogen-bond donors (Lipinski definition) is 1. The summed E-state index contributed by atoms with van der Waals surface area (Å²) in [5.41, 5.74) is 2.41. The van der Waals surface area contributed by atoms with Crippen LogP contribution in [0.5, 0.6) is 0 Å². The van der Waals surface area contributed by atoms with Gasteiger partial charge in [-0.2, -0.15) is 4.80 Å². The van der Waals surface area contributed by atoms with Gasteiger partial charge in [0.05, 0.1) is 18.3 Å². The number of rotatable bonds is 8. The van der Waals surface area contributed by atoms with Crippen LogP contribution in [0.3, 0.4) is 0 Å². The Morgan fingerprint density at radius 2 is 1.86 bits per heavy atom. The van der Waals surface area contributed by atoms with Crippen LogP contribution in [0.15, 0.2) is 48.7 Å². The SMILES string of the molecule is CC(C)c1ccc(C(NC(=O)C2CC(F)CN2C(=O)Cn2nnc(C(F)F)n2)c2ccccc2)nc1. The van der Waals surface area contributed by atoms with Crippen molar-refractivity contribution in [3.63, 3.8) is 0 Å². The van der Waals surface area contributed by atoms with Crippen LogP contribution in [-0.2, 0) is 16.1 Å². The Labute approximate surface area is 205 Å². The number of aromatic nitrogens is 5. The summed E-state index contributed by atoms with van der Waals surface area (Å²) < 4.78 is 39.8. The molecule has 190 valence electrons. The monoisotopic (exact) mass is 501 g/mol. The fraction of sp³-hybridized carbons (Fsp3) is 0.417. The number of pyridine rings is 1. The van der Waals surface area contributed by atoms with Crippen molar-refractivity contribution in [1.82, 2.24) is 35.4 Å². The average molecular weight is 502 g/mol. The van der Waals surface area contributed by atoms with Gasteiger partial charge in [-0.05, 0) is 28.3 Å². The number of amides is 2. The quantitative estimate of drug-likeness (QED) is 0.509. The predicted molar refractivity (Wildman–Crippen MR) is 123 cm³/mol. The molecule has 0 bridgehead atoms. The molecule has 0 spiro atoms. The molecule has 1 aliphatic heterocycles. The van der Waals surface area contributed by atoms with Crippen LogP contribution in [0, 0.1) is 0 Å². The molecule has 9 nitrogen and oxygen atoms in total. The van der Waals surface area contributed by atoms with E-state index in [-0.39, 0.29) is 18.9 Å². The second-order valence-corrected chi connectivity index (χ2v) is 8.90. The third kappa shape index (κ3) is 5.69. The molecule has 1 aromatic carbocycles. The molecule has 1 N–H and O–H groups in total. The molecule has 0 radical (unpaired) electrons. The van der Waals surface area contributed by atoms with Crippen molar-refractivity contribution in [3.05, 3.63) is 71.3 Å². The first-order chi connectivity index (χ1) is 17.2. The van der Waals surface area contributed by atoms with Crippen LogP contribution < -0.4 is 5.32 Å². The molecule has 1 saturated heterocycles. The Bertz CT molecular complexity index is 1190. The van der Waals surface area contributed by atoms with Gasteiger partial charge in [0.1, 0.15) is 18.8 Å². The van der Waals surface area contributed by atoms with E-state index in [4.69, 9.17) is 0 Å². The molecule has 2 amide bonds. The number of tetrazole rings is 1. The molecular formula is C24H26F3N7O2. The van der Waals surface area contributed by atoms with Crippen molar-refractivity contribution in [3.8, 4) is 0 Å². The fourth-order valence-corrected chi connectivity index (χ4v) is 4.07. The van der Waals surface area contributed by atoms with Crippen LogP contribution in [-0.4, -0.2) is 60.7 Å². The summed E-state index contributed by atoms with van der Waals surface area (Å²) in [5, 5.41) is 13.0. The van der Waals surface area contributed by atoms with Crippen molar-refractivity contribution in [2.24, 2.45) is 0 Å². The number of benzene rings is 1. The van der Waals surface area contributed by atoms with Gasteiger partial charge in [-0.25, -0.2) is 13.2 Å². The Balaban J connectivity index is 1.53. The smallest absolute Gasteiger partial charge is 0.301 e. The highest BCUT2D eigenvalue weighted by Gasteiger charge is 2.41. The topological polar surface area (TPSA) is 106 Å². The lowest BCUT2D eigenvalue weighted by Gasteiger charge is -2.26. The molecule has 3 atom stereocenters. The third-order valence-corrected chi connectivity index (χ3v) is 6.00. The van der Waals surface area contributed by atoms with Gasteiger partial charge in [-0.3, -0.25) is 14.6 Å². The van der Waals surface area contributed by atoms with Crippen molar-refractivity contribution in [2.75, 3.05) is 6.54 Å². The van der Waals surface area contributed by atoms with Gasteiger partial charge in [-0.1, -0.05) is 50.2 Å². The van der Waals surface area contributed by atoms with Crippen molar-refractivity contribution in [2.45, 2.75) is 57.4 Å². The molecule has 3 heterocycles. The lowest BCUT2D eigenvalue weighted by molar-refractivity contribution is -0.139. The molecule has 2 aromatic heterocycles. The van der Waals surface area contributed by atoms with Crippen LogP contribution in [0.4, 0.5) is 13.2 Å². The number of nitrogens with zero attached hydrogens (tertiary/aromatic N) is 6. The van der Waals surface area contributed by atoms with Crippen LogP contribution in [0.2, 0.25) is 0 Å². The lowest BCUT2D eigenvalue weighted by atomic mass is 10.00. The first kappa shape index (κ1) is 25.3. The molecule has 36 heavy (non-hydrogen) atoms. The largest absolute Gasteiger partial charge is 0.342 e. The van der Waals surface area contributed by atoms with Gasteiger partial charge in [0, 0.05) is 12.6 Å². The molecule has 3 aromatic rings. The molecule has 1 aliphatic rings. The lowest BCUT2D eigenvalue weighted by Crippen LogP contribution is -2.48. The minimum atomic E-state index is -2.94. The Kier molecular flexibility index (Phi) is 7.61. The van der Waals surface area contributed by atoms with E-state index >= 15 is 0 Å². The average Bonchev–Trinajstić information content (AvgIpc) is 3.50. The number of likely N-dealkylation sites (tertiary alicyclic amines) is 1. The zero-order chi connectivity index (χ0) is 25.8. The van der Waals surface area contributed by atoms with Crippen molar-refractivity contribution in [1.29, 1.82) is 0 Å². The number of alkyl halides is 3. The minimum Gasteiger partial charge on any atom is -0.342 e. The van der Waals surface area contributed by atoms with Gasteiger partial charge >= 0.3 is 6.43 Å². The van der Waals surface area contributed by atoms with Gasteiger partial charge in [0.2, 0.25) is 17.6 Å². The second kappa shape index (κ2) is 10.8. The summed E-state index contributed by atoms with van der Waals surface area (Å²) in [5.74, 6) is -1.76. The number of carbonyl (C=O) groups excluding carboxylic acids is 2. The van der Waals surface area contributed by atoms with E-state index in [0.717, 1.165) is 16.0 Å². The highest BCUT2D eigenvalue weighted by Crippen LogP contribution is 2.26. The van der Waals surface area contributed by atoms with E-state index in [1.807, 2.05) is 42.5 Å². The number of nitrogens with one attached hydrogen (secondary N) is 1. The Hall–Kier alpha value is -3.83. The Morgan fingerprint density at radius 3 is 2.47 bits per heavy atom. The van der Waals surface area contributed by atoms with Gasteiger partial charge in [0.15, 0.2) is 0 Å². The maximum Gasteiger partial charge on any atom is 0.301 e. The summed E-state index contributed by atoms with van der Waals surface area (Å²) in [6, 6.07) is 11.3. The fourth-order valence-electron chi connectivity index (χ4n) is 4.07. The normalized spacial score (nSPS) is 18.6. The molecule has 1 fully saturated rings. The minimum absolute atomic E-state index is 0.189. The van der Waals surface area contributed by atoms with Gasteiger partial charge in [0.25, 0.3) is 0 Å². The highest BCUT2D eigenvalue weighted by molar-refractivity contribution is 5.88. The van der Waals surface area contributed by atoms with Crippen molar-refractivity contribution >= 4 is 11.8 Å². The highest BCUT2D eigenvalue weighted by atomic mass is 19.3. The zero-order valence-electron chi connectivity index (χ0n) is 19.8. The van der Waals surface area contributed by atoms with E-state index in [1.165, 1.54) is 0 Å². The maximum atomic E-state index is 14.4. The van der Waals surface area contributed by atoms with Crippen LogP contribution in [0.25, 0.3) is 0 Å².